The average molecular weight is 667 g/mol. The van der Waals surface area contributed by atoms with Gasteiger partial charge >= 0.3 is 0 Å². The molecule has 0 spiro atoms. The molecule has 4 nitrogen and oxygen atoms in total. The zero-order valence-corrected chi connectivity index (χ0v) is 22.0. The molecule has 7 rings (SSSR count). The summed E-state index contributed by atoms with van der Waals surface area (Å²) >= 11 is 1.79. The summed E-state index contributed by atoms with van der Waals surface area (Å²) in [6, 6.07) is 35.5. The van der Waals surface area contributed by atoms with Crippen LogP contribution in [0.3, 0.4) is 0 Å². The monoisotopic (exact) mass is 666 g/mol. The standard InChI is InChI=1S/C30H19N2O2S.Pt/c33-25-14-6-7-18-15-16-26(31-27(18)25)34-20-9-5-8-19(17-20)30-32-28-23-12-3-1-10-21(23)22-11-2-4-13-24(22)29(28)35-30;/h1-16,28-29,33H;/q-1;/t28-,29-;/m0./s1. The van der Waals surface area contributed by atoms with Crippen molar-refractivity contribution in [3.63, 3.8) is 0 Å². The van der Waals surface area contributed by atoms with E-state index >= 15 is 0 Å². The summed E-state index contributed by atoms with van der Waals surface area (Å²) in [4.78, 5) is 9.64. The summed E-state index contributed by atoms with van der Waals surface area (Å²) in [6.45, 7) is 0. The summed E-state index contributed by atoms with van der Waals surface area (Å²) in [5.41, 5.74) is 6.57. The van der Waals surface area contributed by atoms with Gasteiger partial charge in [0.15, 0.2) is 0 Å². The molecule has 0 saturated heterocycles. The van der Waals surface area contributed by atoms with Crippen LogP contribution < -0.4 is 4.74 Å². The first-order chi connectivity index (χ1) is 17.2. The molecular weight excluding hydrogens is 647 g/mol. The number of phenolic OH excluding ortho intramolecular Hbond substituents is 1. The molecule has 4 aromatic carbocycles. The Hall–Kier alpha value is -3.40. The minimum Gasteiger partial charge on any atom is -0.506 e. The van der Waals surface area contributed by atoms with Crippen LogP contribution in [0.1, 0.15) is 28.0 Å². The van der Waals surface area contributed by atoms with Crippen LogP contribution in [0.4, 0.5) is 0 Å². The summed E-state index contributed by atoms with van der Waals surface area (Å²) in [5.74, 6) is 1.10. The number of hydrogen-bond acceptors (Lipinski definition) is 5. The van der Waals surface area contributed by atoms with Crippen molar-refractivity contribution in [2.45, 2.75) is 11.3 Å². The maximum absolute atomic E-state index is 10.1. The Balaban J connectivity index is 0.00000240. The van der Waals surface area contributed by atoms with Gasteiger partial charge in [-0.3, -0.25) is 0 Å². The predicted octanol–water partition coefficient (Wildman–Crippen LogP) is 7.49. The van der Waals surface area contributed by atoms with Gasteiger partial charge in [-0.25, -0.2) is 4.98 Å². The molecule has 2 atom stereocenters. The van der Waals surface area contributed by atoms with Crippen molar-refractivity contribution in [1.82, 2.24) is 4.98 Å². The fraction of sp³-hybridized carbons (Fsp3) is 0.0667. The predicted molar refractivity (Wildman–Crippen MR) is 140 cm³/mol. The average Bonchev–Trinajstić information content (AvgIpc) is 3.36. The molecule has 6 heteroatoms. The van der Waals surface area contributed by atoms with Crippen LogP contribution in [0.2, 0.25) is 0 Å². The molecule has 0 amide bonds. The normalized spacial score (nSPS) is 17.4. The Labute approximate surface area is 227 Å². The van der Waals surface area contributed by atoms with E-state index < -0.39 is 0 Å². The van der Waals surface area contributed by atoms with Gasteiger partial charge in [0.25, 0.3) is 0 Å². The SMILES string of the molecule is Oc1cccc2ccc(Oc3[c-]c(C4=N[C@H]5c6ccccc6-c6ccccc6[C@@H]5S4)ccc3)nc12.[Pt]. The molecule has 1 aliphatic heterocycles. The van der Waals surface area contributed by atoms with E-state index in [4.69, 9.17) is 9.73 Å². The maximum atomic E-state index is 10.1. The molecule has 0 unspecified atom stereocenters. The first-order valence-electron chi connectivity index (χ1n) is 11.5. The molecule has 0 saturated carbocycles. The van der Waals surface area contributed by atoms with Gasteiger partial charge in [-0.1, -0.05) is 66.7 Å². The van der Waals surface area contributed by atoms with Crippen LogP contribution in [0.25, 0.3) is 22.0 Å². The minimum absolute atomic E-state index is 0. The van der Waals surface area contributed by atoms with E-state index in [0.717, 1.165) is 16.0 Å². The van der Waals surface area contributed by atoms with Gasteiger partial charge in [0, 0.05) is 43.3 Å². The van der Waals surface area contributed by atoms with Gasteiger partial charge in [0.1, 0.15) is 11.3 Å². The fourth-order valence-corrected chi connectivity index (χ4v) is 6.24. The number of hydrogen-bond donors (Lipinski definition) is 1. The molecule has 36 heavy (non-hydrogen) atoms. The molecular formula is C30H19N2O2PtS-. The van der Waals surface area contributed by atoms with Crippen LogP contribution in [0, 0.1) is 6.07 Å². The second-order valence-electron chi connectivity index (χ2n) is 8.62. The number of ether oxygens (including phenoxy) is 1. The van der Waals surface area contributed by atoms with Gasteiger partial charge < -0.3 is 14.8 Å². The number of benzene rings is 4. The van der Waals surface area contributed by atoms with E-state index in [1.165, 1.54) is 22.3 Å². The molecule has 178 valence electrons. The molecule has 2 heterocycles. The van der Waals surface area contributed by atoms with Crippen LogP contribution in [0.15, 0.2) is 102 Å². The number of aromatic nitrogens is 1. The van der Waals surface area contributed by atoms with E-state index in [9.17, 15) is 5.11 Å². The summed E-state index contributed by atoms with van der Waals surface area (Å²) < 4.78 is 6.03. The molecule has 0 fully saturated rings. The first kappa shape index (κ1) is 23.0. The first-order valence-corrected chi connectivity index (χ1v) is 12.3. The molecule has 0 radical (unpaired) electrons. The zero-order chi connectivity index (χ0) is 23.4. The Morgan fingerprint density at radius 1 is 0.778 bits per heavy atom. The number of phenols is 1. The molecule has 0 bridgehead atoms. The second kappa shape index (κ2) is 9.24. The van der Waals surface area contributed by atoms with Gasteiger partial charge in [-0.15, -0.1) is 35.5 Å². The molecule has 1 aromatic heterocycles. The minimum atomic E-state index is 0. The smallest absolute Gasteiger partial charge is 0.217 e. The maximum Gasteiger partial charge on any atom is 0.217 e. The number of nitrogens with zero attached hydrogens (tertiary/aromatic N) is 2. The van der Waals surface area contributed by atoms with Gasteiger partial charge in [-0.2, -0.15) is 0 Å². The Bertz CT molecular complexity index is 1650. The zero-order valence-electron chi connectivity index (χ0n) is 18.9. The molecule has 5 aromatic rings. The van der Waals surface area contributed by atoms with E-state index in [2.05, 4.69) is 59.6 Å². The number of pyridine rings is 1. The Kier molecular flexibility index (Phi) is 5.91. The van der Waals surface area contributed by atoms with Gasteiger partial charge in [0.2, 0.25) is 5.88 Å². The number of fused-ring (bicyclic) bond motifs is 7. The number of aromatic hydroxyl groups is 1. The Morgan fingerprint density at radius 3 is 2.39 bits per heavy atom. The van der Waals surface area contributed by atoms with E-state index in [0.29, 0.717) is 17.1 Å². The third-order valence-electron chi connectivity index (χ3n) is 6.51. The summed E-state index contributed by atoms with van der Waals surface area (Å²) in [7, 11) is 0. The largest absolute Gasteiger partial charge is 0.506 e. The second-order valence-corrected chi connectivity index (χ2v) is 9.75. The number of aliphatic imine (C=N–C) groups is 1. The van der Waals surface area contributed by atoms with Crippen LogP contribution in [-0.4, -0.2) is 15.1 Å². The van der Waals surface area contributed by atoms with Crippen molar-refractivity contribution >= 4 is 27.7 Å². The van der Waals surface area contributed by atoms with Gasteiger partial charge in [0.05, 0.1) is 11.3 Å². The van der Waals surface area contributed by atoms with Crippen LogP contribution in [0.5, 0.6) is 17.4 Å². The topological polar surface area (TPSA) is 54.7 Å². The number of thioether (sulfide) groups is 1. The third kappa shape index (κ3) is 3.84. The van der Waals surface area contributed by atoms with Crippen molar-refractivity contribution in [2.75, 3.05) is 0 Å². The van der Waals surface area contributed by atoms with Crippen molar-refractivity contribution in [3.8, 4) is 28.5 Å². The van der Waals surface area contributed by atoms with Crippen molar-refractivity contribution in [2.24, 2.45) is 4.99 Å². The molecule has 1 N–H and O–H groups in total. The van der Waals surface area contributed by atoms with E-state index in [-0.39, 0.29) is 38.1 Å². The van der Waals surface area contributed by atoms with Crippen molar-refractivity contribution in [1.29, 1.82) is 0 Å². The Morgan fingerprint density at radius 2 is 1.53 bits per heavy atom. The number of para-hydroxylation sites is 1. The number of rotatable bonds is 3. The molecule has 2 aliphatic rings. The van der Waals surface area contributed by atoms with Crippen molar-refractivity contribution in [3.05, 3.63) is 120 Å². The summed E-state index contributed by atoms with van der Waals surface area (Å²) in [6.07, 6.45) is 0. The fourth-order valence-electron chi connectivity index (χ4n) is 4.91. The quantitative estimate of drug-likeness (QED) is 0.203. The molecule has 1 aliphatic carbocycles. The van der Waals surface area contributed by atoms with Crippen LogP contribution in [-0.2, 0) is 21.1 Å². The van der Waals surface area contributed by atoms with Crippen molar-refractivity contribution < 1.29 is 30.9 Å². The van der Waals surface area contributed by atoms with Crippen LogP contribution >= 0.6 is 11.8 Å². The van der Waals surface area contributed by atoms with E-state index in [1.54, 1.807) is 30.0 Å². The summed E-state index contributed by atoms with van der Waals surface area (Å²) in [5, 5.41) is 12.2. The van der Waals surface area contributed by atoms with E-state index in [1.807, 2.05) is 30.3 Å². The van der Waals surface area contributed by atoms with Gasteiger partial charge in [-0.05, 0) is 34.4 Å². The third-order valence-corrected chi connectivity index (χ3v) is 7.82.